The Bertz CT molecular complexity index is 189. The maximum atomic E-state index is 3.70. The minimum atomic E-state index is 0.629. The first-order valence-electron chi connectivity index (χ1n) is 5.21. The third-order valence-corrected chi connectivity index (χ3v) is 4.10. The number of hydrogen-bond acceptors (Lipinski definition) is 3. The molecule has 2 aliphatic rings. The van der Waals surface area contributed by atoms with Gasteiger partial charge in [0.2, 0.25) is 0 Å². The number of nitrogens with zero attached hydrogens (tertiary/aromatic N) is 1. The Kier molecular flexibility index (Phi) is 2.60. The molecule has 0 unspecified atom stereocenters. The second kappa shape index (κ2) is 3.44. The van der Waals surface area contributed by atoms with Crippen LogP contribution in [0.4, 0.5) is 0 Å². The molecule has 3 heteroatoms. The van der Waals surface area contributed by atoms with E-state index < -0.39 is 0 Å². The van der Waals surface area contributed by atoms with Crippen molar-refractivity contribution in [2.75, 3.05) is 19.3 Å². The summed E-state index contributed by atoms with van der Waals surface area (Å²) in [5, 5.41) is 3.70. The Hall–Kier alpha value is 0.270. The standard InChI is InChI=1S/C10H20N2S/c1-8(2)11-9-6-12(13-3)7-10(9)4-5-10/h8-9,11H,4-7H2,1-3H3/t9-/m1/s1. The molecule has 1 heterocycles. The lowest BCUT2D eigenvalue weighted by atomic mass is 10.0. The van der Waals surface area contributed by atoms with E-state index in [1.165, 1.54) is 25.9 Å². The fraction of sp³-hybridized carbons (Fsp3) is 1.00. The van der Waals surface area contributed by atoms with Crippen LogP contribution in [0.25, 0.3) is 0 Å². The molecular weight excluding hydrogens is 180 g/mol. The number of hydrogen-bond donors (Lipinski definition) is 1. The molecular formula is C10H20N2S. The summed E-state index contributed by atoms with van der Waals surface area (Å²) in [5.74, 6) is 0. The van der Waals surface area contributed by atoms with Gasteiger partial charge in [0.1, 0.15) is 0 Å². The molecule has 0 aromatic heterocycles. The molecule has 1 saturated heterocycles. The zero-order valence-electron chi connectivity index (χ0n) is 8.84. The Morgan fingerprint density at radius 2 is 2.15 bits per heavy atom. The van der Waals surface area contributed by atoms with E-state index in [0.717, 1.165) is 6.04 Å². The first kappa shape index (κ1) is 9.81. The monoisotopic (exact) mass is 200 g/mol. The Labute approximate surface area is 85.6 Å². The van der Waals surface area contributed by atoms with Crippen molar-refractivity contribution in [1.29, 1.82) is 0 Å². The topological polar surface area (TPSA) is 15.3 Å². The van der Waals surface area contributed by atoms with Crippen LogP contribution in [0, 0.1) is 5.41 Å². The normalized spacial score (nSPS) is 31.8. The van der Waals surface area contributed by atoms with Crippen LogP contribution in [0.5, 0.6) is 0 Å². The largest absolute Gasteiger partial charge is 0.310 e. The Balaban J connectivity index is 1.95. The van der Waals surface area contributed by atoms with Gasteiger partial charge in [-0.2, -0.15) is 0 Å². The van der Waals surface area contributed by atoms with Crippen molar-refractivity contribution in [3.8, 4) is 0 Å². The van der Waals surface area contributed by atoms with Gasteiger partial charge in [-0.3, -0.25) is 0 Å². The van der Waals surface area contributed by atoms with Crippen LogP contribution >= 0.6 is 11.9 Å². The lowest BCUT2D eigenvalue weighted by molar-refractivity contribution is 0.381. The SMILES string of the molecule is CSN1C[C@@H](NC(C)C)C2(CC2)C1. The molecule has 2 nitrogen and oxygen atoms in total. The van der Waals surface area contributed by atoms with Gasteiger partial charge in [0.15, 0.2) is 0 Å². The predicted molar refractivity (Wildman–Crippen MR) is 58.8 cm³/mol. The number of nitrogens with one attached hydrogen (secondary N) is 1. The minimum absolute atomic E-state index is 0.629. The van der Waals surface area contributed by atoms with Gasteiger partial charge in [-0.1, -0.05) is 25.8 Å². The van der Waals surface area contributed by atoms with Crippen LogP contribution < -0.4 is 5.32 Å². The van der Waals surface area contributed by atoms with Crippen molar-refractivity contribution in [2.24, 2.45) is 5.41 Å². The lowest BCUT2D eigenvalue weighted by Crippen LogP contribution is -2.41. The molecule has 1 aliphatic heterocycles. The van der Waals surface area contributed by atoms with Gasteiger partial charge in [0.25, 0.3) is 0 Å². The average Bonchev–Trinajstić information content (AvgIpc) is 2.73. The summed E-state index contributed by atoms with van der Waals surface area (Å²) in [6.45, 7) is 7.04. The van der Waals surface area contributed by atoms with E-state index in [1.807, 2.05) is 11.9 Å². The van der Waals surface area contributed by atoms with Crippen LogP contribution in [-0.4, -0.2) is 35.7 Å². The van der Waals surface area contributed by atoms with Crippen molar-refractivity contribution in [3.63, 3.8) is 0 Å². The first-order chi connectivity index (χ1) is 6.16. The summed E-state index contributed by atoms with van der Waals surface area (Å²) in [7, 11) is 0. The van der Waals surface area contributed by atoms with Crippen molar-refractivity contribution in [3.05, 3.63) is 0 Å². The molecule has 2 rings (SSSR count). The van der Waals surface area contributed by atoms with Crippen LogP contribution in [0.3, 0.4) is 0 Å². The fourth-order valence-electron chi connectivity index (χ4n) is 2.36. The summed E-state index contributed by atoms with van der Waals surface area (Å²) in [6, 6.07) is 1.38. The van der Waals surface area contributed by atoms with E-state index in [2.05, 4.69) is 29.7 Å². The molecule has 13 heavy (non-hydrogen) atoms. The Morgan fingerprint density at radius 1 is 1.46 bits per heavy atom. The van der Waals surface area contributed by atoms with Crippen LogP contribution in [-0.2, 0) is 0 Å². The highest BCUT2D eigenvalue weighted by atomic mass is 32.2. The maximum absolute atomic E-state index is 3.70. The maximum Gasteiger partial charge on any atom is 0.0275 e. The average molecular weight is 200 g/mol. The highest BCUT2D eigenvalue weighted by Crippen LogP contribution is 2.53. The quantitative estimate of drug-likeness (QED) is 0.699. The lowest BCUT2D eigenvalue weighted by Gasteiger charge is -2.21. The summed E-state index contributed by atoms with van der Waals surface area (Å²) in [6.07, 6.45) is 5.07. The molecule has 0 amide bonds. The molecule has 0 aromatic rings. The van der Waals surface area contributed by atoms with Gasteiger partial charge >= 0.3 is 0 Å². The summed E-state index contributed by atoms with van der Waals surface area (Å²) >= 11 is 1.90. The highest BCUT2D eigenvalue weighted by Gasteiger charge is 2.54. The second-order valence-corrected chi connectivity index (χ2v) is 5.62. The van der Waals surface area contributed by atoms with Gasteiger partial charge in [-0.15, -0.1) is 0 Å². The van der Waals surface area contributed by atoms with Crippen molar-refractivity contribution >= 4 is 11.9 Å². The predicted octanol–water partition coefficient (Wildman–Crippen LogP) is 1.73. The third-order valence-electron chi connectivity index (χ3n) is 3.30. The van der Waals surface area contributed by atoms with Gasteiger partial charge < -0.3 is 5.32 Å². The molecule has 1 spiro atoms. The molecule has 1 aliphatic carbocycles. The molecule has 2 fully saturated rings. The van der Waals surface area contributed by atoms with Crippen LogP contribution in [0.15, 0.2) is 0 Å². The molecule has 1 saturated carbocycles. The van der Waals surface area contributed by atoms with Crippen LogP contribution in [0.2, 0.25) is 0 Å². The zero-order chi connectivity index (χ0) is 9.47. The Morgan fingerprint density at radius 3 is 2.62 bits per heavy atom. The van der Waals surface area contributed by atoms with E-state index in [0.29, 0.717) is 11.5 Å². The molecule has 0 aromatic carbocycles. The second-order valence-electron chi connectivity index (χ2n) is 4.74. The highest BCUT2D eigenvalue weighted by molar-refractivity contribution is 7.96. The van der Waals surface area contributed by atoms with E-state index in [4.69, 9.17) is 0 Å². The van der Waals surface area contributed by atoms with E-state index in [-0.39, 0.29) is 0 Å². The number of rotatable bonds is 3. The fourth-order valence-corrected chi connectivity index (χ4v) is 3.05. The third kappa shape index (κ3) is 1.88. The molecule has 76 valence electrons. The zero-order valence-corrected chi connectivity index (χ0v) is 9.66. The molecule has 1 N–H and O–H groups in total. The summed E-state index contributed by atoms with van der Waals surface area (Å²) in [4.78, 5) is 0. The van der Waals surface area contributed by atoms with Gasteiger partial charge in [0, 0.05) is 30.6 Å². The smallest absolute Gasteiger partial charge is 0.0275 e. The van der Waals surface area contributed by atoms with Crippen molar-refractivity contribution in [2.45, 2.75) is 38.8 Å². The van der Waals surface area contributed by atoms with Gasteiger partial charge in [-0.05, 0) is 19.1 Å². The van der Waals surface area contributed by atoms with Crippen molar-refractivity contribution in [1.82, 2.24) is 9.62 Å². The summed E-state index contributed by atoms with van der Waals surface area (Å²) in [5.41, 5.74) is 0.660. The van der Waals surface area contributed by atoms with Crippen LogP contribution in [0.1, 0.15) is 26.7 Å². The molecule has 0 radical (unpaired) electrons. The molecule has 1 atom stereocenters. The minimum Gasteiger partial charge on any atom is -0.310 e. The van der Waals surface area contributed by atoms with Gasteiger partial charge in [0.05, 0.1) is 0 Å². The van der Waals surface area contributed by atoms with E-state index in [1.54, 1.807) is 0 Å². The van der Waals surface area contributed by atoms with E-state index in [9.17, 15) is 0 Å². The summed E-state index contributed by atoms with van der Waals surface area (Å²) < 4.78 is 2.51. The van der Waals surface area contributed by atoms with Crippen molar-refractivity contribution < 1.29 is 0 Å². The molecule has 0 bridgehead atoms. The first-order valence-corrected chi connectivity index (χ1v) is 6.39. The van der Waals surface area contributed by atoms with Gasteiger partial charge in [-0.25, -0.2) is 4.31 Å². The van der Waals surface area contributed by atoms with E-state index >= 15 is 0 Å².